The van der Waals surface area contributed by atoms with E-state index in [1.807, 2.05) is 60.7 Å². The number of carbonyl (C=O) groups excluding carboxylic acids is 1. The number of benzene rings is 3. The van der Waals surface area contributed by atoms with Crippen molar-refractivity contribution in [2.45, 2.75) is 0 Å². The number of hydrogen-bond acceptors (Lipinski definition) is 3. The predicted molar refractivity (Wildman–Crippen MR) is 107 cm³/mol. The summed E-state index contributed by atoms with van der Waals surface area (Å²) in [5.41, 5.74) is 2.72. The molecule has 0 atom stereocenters. The van der Waals surface area contributed by atoms with Gasteiger partial charge in [0.2, 0.25) is 5.89 Å². The molecule has 0 fully saturated rings. The molecule has 0 aliphatic heterocycles. The third-order valence-electron chi connectivity index (χ3n) is 4.07. The van der Waals surface area contributed by atoms with Crippen LogP contribution in [0, 0.1) is 0 Å². The first-order valence-corrected chi connectivity index (χ1v) is 8.76. The van der Waals surface area contributed by atoms with Crippen molar-refractivity contribution in [3.63, 3.8) is 0 Å². The van der Waals surface area contributed by atoms with Gasteiger partial charge in [-0.1, -0.05) is 41.9 Å². The Balaban J connectivity index is 1.65. The Labute approximate surface area is 161 Å². The Morgan fingerprint density at radius 2 is 1.59 bits per heavy atom. The molecule has 4 nitrogen and oxygen atoms in total. The van der Waals surface area contributed by atoms with Gasteiger partial charge in [-0.15, -0.1) is 0 Å². The second kappa shape index (κ2) is 7.48. The predicted octanol–water partition coefficient (Wildman–Crippen LogP) is 5.91. The molecule has 132 valence electrons. The van der Waals surface area contributed by atoms with Crippen LogP contribution in [0.3, 0.4) is 0 Å². The molecule has 1 aromatic heterocycles. The third-order valence-corrected chi connectivity index (χ3v) is 4.32. The number of nitrogens with one attached hydrogen (secondary N) is 1. The van der Waals surface area contributed by atoms with Crippen molar-refractivity contribution < 1.29 is 9.21 Å². The lowest BCUT2D eigenvalue weighted by atomic mass is 10.1. The topological polar surface area (TPSA) is 55.1 Å². The van der Waals surface area contributed by atoms with E-state index in [9.17, 15) is 4.79 Å². The number of oxazole rings is 1. The Kier molecular flexibility index (Phi) is 4.73. The van der Waals surface area contributed by atoms with E-state index in [0.717, 1.165) is 11.3 Å². The second-order valence-corrected chi connectivity index (χ2v) is 6.34. The lowest BCUT2D eigenvalue weighted by molar-refractivity contribution is 0.102. The van der Waals surface area contributed by atoms with Gasteiger partial charge in [-0.3, -0.25) is 4.79 Å². The Hall–Kier alpha value is -3.37. The summed E-state index contributed by atoms with van der Waals surface area (Å²) in [6.45, 7) is 0. The first-order chi connectivity index (χ1) is 13.2. The van der Waals surface area contributed by atoms with E-state index in [1.54, 1.807) is 24.4 Å². The van der Waals surface area contributed by atoms with Crippen molar-refractivity contribution in [3.8, 4) is 22.8 Å². The van der Waals surface area contributed by atoms with Crippen LogP contribution >= 0.6 is 11.6 Å². The molecular formula is C22H15ClN2O2. The van der Waals surface area contributed by atoms with E-state index in [-0.39, 0.29) is 5.91 Å². The van der Waals surface area contributed by atoms with Crippen molar-refractivity contribution in [2.24, 2.45) is 0 Å². The summed E-state index contributed by atoms with van der Waals surface area (Å²) in [4.78, 5) is 17.1. The number of para-hydroxylation sites is 1. The molecule has 0 saturated heterocycles. The van der Waals surface area contributed by atoms with Crippen LogP contribution in [0.25, 0.3) is 22.8 Å². The van der Waals surface area contributed by atoms with Crippen LogP contribution in [-0.2, 0) is 0 Å². The van der Waals surface area contributed by atoms with Crippen molar-refractivity contribution >= 4 is 23.2 Å². The van der Waals surface area contributed by atoms with Crippen LogP contribution in [0.15, 0.2) is 89.5 Å². The molecule has 0 radical (unpaired) electrons. The quantitative estimate of drug-likeness (QED) is 0.482. The monoisotopic (exact) mass is 374 g/mol. The highest BCUT2D eigenvalue weighted by Crippen LogP contribution is 2.29. The molecule has 0 spiro atoms. The third kappa shape index (κ3) is 3.76. The molecule has 27 heavy (non-hydrogen) atoms. The smallest absolute Gasteiger partial charge is 0.256 e. The van der Waals surface area contributed by atoms with Gasteiger partial charge in [0.05, 0.1) is 11.8 Å². The lowest BCUT2D eigenvalue weighted by Crippen LogP contribution is -2.13. The lowest BCUT2D eigenvalue weighted by Gasteiger charge is -2.08. The number of nitrogens with zero attached hydrogens (tertiary/aromatic N) is 1. The average Bonchev–Trinajstić information content (AvgIpc) is 3.19. The summed E-state index contributed by atoms with van der Waals surface area (Å²) in [6.07, 6.45) is 1.64. The molecule has 3 aromatic carbocycles. The maximum atomic E-state index is 12.7. The molecule has 0 unspecified atom stereocenters. The summed E-state index contributed by atoms with van der Waals surface area (Å²) in [5.74, 6) is 0.779. The van der Waals surface area contributed by atoms with Gasteiger partial charge in [0.15, 0.2) is 5.76 Å². The summed E-state index contributed by atoms with van der Waals surface area (Å²) >= 11 is 5.93. The number of aromatic nitrogens is 1. The molecule has 0 saturated carbocycles. The van der Waals surface area contributed by atoms with Gasteiger partial charge in [-0.2, -0.15) is 0 Å². The van der Waals surface area contributed by atoms with E-state index in [1.165, 1.54) is 0 Å². The van der Waals surface area contributed by atoms with Gasteiger partial charge in [0, 0.05) is 21.8 Å². The zero-order valence-electron chi connectivity index (χ0n) is 14.2. The van der Waals surface area contributed by atoms with E-state index < -0.39 is 0 Å². The highest BCUT2D eigenvalue weighted by atomic mass is 35.5. The van der Waals surface area contributed by atoms with Crippen LogP contribution in [0.1, 0.15) is 10.4 Å². The molecule has 1 heterocycles. The van der Waals surface area contributed by atoms with E-state index in [4.69, 9.17) is 16.0 Å². The first-order valence-electron chi connectivity index (χ1n) is 8.38. The fourth-order valence-corrected chi connectivity index (χ4v) is 2.86. The summed E-state index contributed by atoms with van der Waals surface area (Å²) < 4.78 is 5.90. The highest BCUT2D eigenvalue weighted by molar-refractivity contribution is 6.30. The maximum Gasteiger partial charge on any atom is 0.256 e. The SMILES string of the molecule is O=C(Nc1ccccc1)c1ccccc1-c1ncc(-c2ccc(Cl)cc2)o1. The van der Waals surface area contributed by atoms with Gasteiger partial charge in [0.1, 0.15) is 0 Å². The molecule has 1 amide bonds. The molecule has 1 N–H and O–H groups in total. The standard InChI is InChI=1S/C22H15ClN2O2/c23-16-12-10-15(11-13-16)20-14-24-22(27-20)19-9-5-4-8-18(19)21(26)25-17-6-2-1-3-7-17/h1-14H,(H,25,26). The minimum Gasteiger partial charge on any atom is -0.436 e. The van der Waals surface area contributed by atoms with Crippen LogP contribution in [0.4, 0.5) is 5.69 Å². The zero-order chi connectivity index (χ0) is 18.6. The van der Waals surface area contributed by atoms with E-state index >= 15 is 0 Å². The van der Waals surface area contributed by atoms with Gasteiger partial charge in [-0.05, 0) is 48.5 Å². The number of hydrogen-bond donors (Lipinski definition) is 1. The van der Waals surface area contributed by atoms with E-state index in [0.29, 0.717) is 27.8 Å². The molecular weight excluding hydrogens is 360 g/mol. The molecule has 4 aromatic rings. The minimum absolute atomic E-state index is 0.219. The Morgan fingerprint density at radius 1 is 0.889 bits per heavy atom. The van der Waals surface area contributed by atoms with Gasteiger partial charge in [-0.25, -0.2) is 4.98 Å². The molecule has 0 aliphatic carbocycles. The van der Waals surface area contributed by atoms with Gasteiger partial charge >= 0.3 is 0 Å². The van der Waals surface area contributed by atoms with Crippen LogP contribution in [0.2, 0.25) is 5.02 Å². The average molecular weight is 375 g/mol. The Bertz CT molecular complexity index is 1070. The summed E-state index contributed by atoms with van der Waals surface area (Å²) in [6, 6.07) is 23.8. The number of halogens is 1. The van der Waals surface area contributed by atoms with Crippen molar-refractivity contribution in [1.82, 2.24) is 4.98 Å². The van der Waals surface area contributed by atoms with Gasteiger partial charge < -0.3 is 9.73 Å². The largest absolute Gasteiger partial charge is 0.436 e. The van der Waals surface area contributed by atoms with E-state index in [2.05, 4.69) is 10.3 Å². The molecule has 0 aliphatic rings. The van der Waals surface area contributed by atoms with Crippen molar-refractivity contribution in [1.29, 1.82) is 0 Å². The molecule has 5 heteroatoms. The van der Waals surface area contributed by atoms with Gasteiger partial charge in [0.25, 0.3) is 5.91 Å². The fraction of sp³-hybridized carbons (Fsp3) is 0. The molecule has 4 rings (SSSR count). The summed E-state index contributed by atoms with van der Waals surface area (Å²) in [5, 5.41) is 3.54. The first kappa shape index (κ1) is 17.1. The van der Waals surface area contributed by atoms with Crippen molar-refractivity contribution in [3.05, 3.63) is 95.6 Å². The number of carbonyl (C=O) groups is 1. The maximum absolute atomic E-state index is 12.7. The van der Waals surface area contributed by atoms with Crippen LogP contribution < -0.4 is 5.32 Å². The highest BCUT2D eigenvalue weighted by Gasteiger charge is 2.17. The normalized spacial score (nSPS) is 10.6. The Morgan fingerprint density at radius 3 is 2.37 bits per heavy atom. The summed E-state index contributed by atoms with van der Waals surface area (Å²) in [7, 11) is 0. The minimum atomic E-state index is -0.219. The fourth-order valence-electron chi connectivity index (χ4n) is 2.73. The number of rotatable bonds is 4. The zero-order valence-corrected chi connectivity index (χ0v) is 15.0. The van der Waals surface area contributed by atoms with Crippen LogP contribution in [0.5, 0.6) is 0 Å². The number of amides is 1. The van der Waals surface area contributed by atoms with Crippen LogP contribution in [-0.4, -0.2) is 10.9 Å². The second-order valence-electron chi connectivity index (χ2n) is 5.90. The van der Waals surface area contributed by atoms with Crippen molar-refractivity contribution in [2.75, 3.05) is 5.32 Å². The number of anilines is 1. The molecule has 0 bridgehead atoms.